The van der Waals surface area contributed by atoms with E-state index in [4.69, 9.17) is 9.47 Å². The van der Waals surface area contributed by atoms with Crippen LogP contribution in [0.2, 0.25) is 0 Å². The minimum absolute atomic E-state index is 0.0246. The average Bonchev–Trinajstić information content (AvgIpc) is 2.88. The summed E-state index contributed by atoms with van der Waals surface area (Å²) in [5.74, 6) is 0.657. The van der Waals surface area contributed by atoms with Gasteiger partial charge in [0.05, 0.1) is 12.8 Å². The van der Waals surface area contributed by atoms with Crippen molar-refractivity contribution < 1.29 is 14.3 Å². The van der Waals surface area contributed by atoms with Crippen molar-refractivity contribution in [2.45, 2.75) is 38.2 Å². The number of hydrogen-bond donors (Lipinski definition) is 0. The van der Waals surface area contributed by atoms with E-state index in [0.717, 1.165) is 25.7 Å². The molecule has 0 unspecified atom stereocenters. The molecule has 1 fully saturated rings. The Labute approximate surface area is 107 Å². The van der Waals surface area contributed by atoms with E-state index < -0.39 is 5.60 Å². The van der Waals surface area contributed by atoms with E-state index in [0.29, 0.717) is 17.9 Å². The van der Waals surface area contributed by atoms with Crippen LogP contribution in [-0.4, -0.2) is 30.1 Å². The molecule has 2 rings (SSSR count). The monoisotopic (exact) mass is 249 g/mol. The van der Waals surface area contributed by atoms with Gasteiger partial charge < -0.3 is 9.47 Å². The lowest BCUT2D eigenvalue weighted by molar-refractivity contribution is 0.00597. The first-order valence-corrected chi connectivity index (χ1v) is 6.39. The van der Waals surface area contributed by atoms with E-state index in [1.54, 1.807) is 25.6 Å². The molecule has 0 bridgehead atoms. The van der Waals surface area contributed by atoms with Gasteiger partial charge in [0.1, 0.15) is 11.4 Å². The largest absolute Gasteiger partial charge is 0.492 e. The van der Waals surface area contributed by atoms with Crippen LogP contribution in [0.5, 0.6) is 5.75 Å². The Balaban J connectivity index is 2.24. The van der Waals surface area contributed by atoms with Gasteiger partial charge in [-0.15, -0.1) is 0 Å². The SMILES string of the molecule is CCOc1cncc(C(=O)C2(OC)CCCC2)c1. The molecular weight excluding hydrogens is 230 g/mol. The summed E-state index contributed by atoms with van der Waals surface area (Å²) in [4.78, 5) is 16.6. The van der Waals surface area contributed by atoms with Gasteiger partial charge >= 0.3 is 0 Å². The van der Waals surface area contributed by atoms with Crippen molar-refractivity contribution in [1.82, 2.24) is 4.98 Å². The highest BCUT2D eigenvalue weighted by molar-refractivity contribution is 6.02. The molecule has 18 heavy (non-hydrogen) atoms. The summed E-state index contributed by atoms with van der Waals surface area (Å²) >= 11 is 0. The Hall–Kier alpha value is -1.42. The topological polar surface area (TPSA) is 48.4 Å². The third-order valence-electron chi connectivity index (χ3n) is 3.50. The zero-order chi connectivity index (χ0) is 13.0. The van der Waals surface area contributed by atoms with Crippen LogP contribution < -0.4 is 4.74 Å². The molecule has 4 heteroatoms. The maximum atomic E-state index is 12.5. The molecule has 0 aromatic carbocycles. The number of methoxy groups -OCH3 is 1. The van der Waals surface area contributed by atoms with Gasteiger partial charge in [0.25, 0.3) is 0 Å². The van der Waals surface area contributed by atoms with Crippen LogP contribution in [0.4, 0.5) is 0 Å². The predicted molar refractivity (Wildman–Crippen MR) is 67.9 cm³/mol. The number of carbonyl (C=O) groups excluding carboxylic acids is 1. The van der Waals surface area contributed by atoms with Gasteiger partial charge in [0.15, 0.2) is 5.78 Å². The molecule has 0 spiro atoms. The summed E-state index contributed by atoms with van der Waals surface area (Å²) in [7, 11) is 1.61. The average molecular weight is 249 g/mol. The van der Waals surface area contributed by atoms with Crippen LogP contribution in [0.15, 0.2) is 18.5 Å². The molecule has 0 amide bonds. The molecule has 1 aliphatic carbocycles. The third-order valence-corrected chi connectivity index (χ3v) is 3.50. The van der Waals surface area contributed by atoms with Crippen LogP contribution >= 0.6 is 0 Å². The quantitative estimate of drug-likeness (QED) is 0.753. The Morgan fingerprint density at radius 1 is 1.39 bits per heavy atom. The first kappa shape index (κ1) is 13.0. The molecule has 98 valence electrons. The number of rotatable bonds is 5. The Morgan fingerprint density at radius 2 is 2.11 bits per heavy atom. The summed E-state index contributed by atoms with van der Waals surface area (Å²) in [6.07, 6.45) is 6.87. The van der Waals surface area contributed by atoms with Crippen LogP contribution in [0, 0.1) is 0 Å². The van der Waals surface area contributed by atoms with Gasteiger partial charge in [0, 0.05) is 18.9 Å². The lowest BCUT2D eigenvalue weighted by atomic mass is 9.92. The van der Waals surface area contributed by atoms with Crippen LogP contribution in [0.1, 0.15) is 43.0 Å². The van der Waals surface area contributed by atoms with Crippen LogP contribution in [0.25, 0.3) is 0 Å². The molecule has 0 saturated heterocycles. The van der Waals surface area contributed by atoms with Gasteiger partial charge in [-0.05, 0) is 38.7 Å². The number of pyridine rings is 1. The lowest BCUT2D eigenvalue weighted by Crippen LogP contribution is -2.37. The molecular formula is C14H19NO3. The van der Waals surface area contributed by atoms with Gasteiger partial charge in [-0.2, -0.15) is 0 Å². The van der Waals surface area contributed by atoms with Crippen LogP contribution in [0.3, 0.4) is 0 Å². The van der Waals surface area contributed by atoms with E-state index >= 15 is 0 Å². The fourth-order valence-electron chi connectivity index (χ4n) is 2.52. The Morgan fingerprint density at radius 3 is 2.72 bits per heavy atom. The number of Topliss-reactive ketones (excluding diaryl/α,β-unsaturated/α-hetero) is 1. The summed E-state index contributed by atoms with van der Waals surface area (Å²) < 4.78 is 10.9. The van der Waals surface area contributed by atoms with Crippen molar-refractivity contribution in [2.75, 3.05) is 13.7 Å². The molecule has 0 atom stereocenters. The molecule has 1 aliphatic rings. The van der Waals surface area contributed by atoms with Crippen molar-refractivity contribution in [2.24, 2.45) is 0 Å². The number of ether oxygens (including phenoxy) is 2. The molecule has 4 nitrogen and oxygen atoms in total. The maximum absolute atomic E-state index is 12.5. The standard InChI is InChI=1S/C14H19NO3/c1-3-18-12-8-11(9-15-10-12)13(16)14(17-2)6-4-5-7-14/h8-10H,3-7H2,1-2H3. The molecule has 0 aliphatic heterocycles. The smallest absolute Gasteiger partial charge is 0.196 e. The van der Waals surface area contributed by atoms with E-state index in [-0.39, 0.29) is 5.78 Å². The van der Waals surface area contributed by atoms with E-state index in [9.17, 15) is 4.79 Å². The molecule has 1 heterocycles. The third kappa shape index (κ3) is 2.38. The van der Waals surface area contributed by atoms with Crippen LogP contribution in [-0.2, 0) is 4.74 Å². The summed E-state index contributed by atoms with van der Waals surface area (Å²) in [5, 5.41) is 0. The minimum atomic E-state index is -0.646. The highest BCUT2D eigenvalue weighted by Crippen LogP contribution is 2.35. The fourth-order valence-corrected chi connectivity index (χ4v) is 2.52. The number of nitrogens with zero attached hydrogens (tertiary/aromatic N) is 1. The highest BCUT2D eigenvalue weighted by Gasteiger charge is 2.41. The Kier molecular flexibility index (Phi) is 3.97. The lowest BCUT2D eigenvalue weighted by Gasteiger charge is -2.25. The normalized spacial score (nSPS) is 17.7. The minimum Gasteiger partial charge on any atom is -0.492 e. The van der Waals surface area contributed by atoms with E-state index in [2.05, 4.69) is 4.98 Å². The first-order chi connectivity index (χ1) is 8.72. The number of aromatic nitrogens is 1. The van der Waals surface area contributed by atoms with Gasteiger partial charge in [-0.1, -0.05) is 0 Å². The van der Waals surface area contributed by atoms with Crippen molar-refractivity contribution in [3.8, 4) is 5.75 Å². The van der Waals surface area contributed by atoms with Crippen molar-refractivity contribution in [3.63, 3.8) is 0 Å². The number of ketones is 1. The van der Waals surface area contributed by atoms with Gasteiger partial charge in [-0.3, -0.25) is 9.78 Å². The number of carbonyl (C=O) groups is 1. The van der Waals surface area contributed by atoms with Gasteiger partial charge in [-0.25, -0.2) is 0 Å². The molecule has 1 aromatic rings. The Bertz CT molecular complexity index is 425. The summed E-state index contributed by atoms with van der Waals surface area (Å²) in [6.45, 7) is 2.47. The summed E-state index contributed by atoms with van der Waals surface area (Å²) in [6, 6.07) is 1.75. The first-order valence-electron chi connectivity index (χ1n) is 6.39. The second-order valence-corrected chi connectivity index (χ2v) is 4.58. The summed E-state index contributed by atoms with van der Waals surface area (Å²) in [5.41, 5.74) is -0.0725. The van der Waals surface area contributed by atoms with Gasteiger partial charge in [0.2, 0.25) is 0 Å². The van der Waals surface area contributed by atoms with E-state index in [1.807, 2.05) is 6.92 Å². The molecule has 0 radical (unpaired) electrons. The highest BCUT2D eigenvalue weighted by atomic mass is 16.5. The second kappa shape index (κ2) is 5.48. The fraction of sp³-hybridized carbons (Fsp3) is 0.571. The van der Waals surface area contributed by atoms with E-state index in [1.165, 1.54) is 0 Å². The zero-order valence-electron chi connectivity index (χ0n) is 10.9. The van der Waals surface area contributed by atoms with Crippen molar-refractivity contribution in [1.29, 1.82) is 0 Å². The second-order valence-electron chi connectivity index (χ2n) is 4.58. The number of hydrogen-bond acceptors (Lipinski definition) is 4. The molecule has 1 saturated carbocycles. The molecule has 1 aromatic heterocycles. The molecule has 0 N–H and O–H groups in total. The predicted octanol–water partition coefficient (Wildman–Crippen LogP) is 2.62. The van der Waals surface area contributed by atoms with Crippen molar-refractivity contribution in [3.05, 3.63) is 24.0 Å². The zero-order valence-corrected chi connectivity index (χ0v) is 10.9. The van der Waals surface area contributed by atoms with Crippen molar-refractivity contribution >= 4 is 5.78 Å². The maximum Gasteiger partial charge on any atom is 0.196 e.